The second-order valence-corrected chi connectivity index (χ2v) is 7.06. The van der Waals surface area contributed by atoms with E-state index in [4.69, 9.17) is 4.74 Å². The van der Waals surface area contributed by atoms with Crippen LogP contribution in [0.4, 0.5) is 0 Å². The van der Waals surface area contributed by atoms with Crippen molar-refractivity contribution in [3.63, 3.8) is 0 Å². The molecule has 1 aliphatic heterocycles. The molecule has 0 spiro atoms. The van der Waals surface area contributed by atoms with Crippen LogP contribution >= 0.6 is 11.3 Å². The molecule has 4 nitrogen and oxygen atoms in total. The molecule has 1 saturated heterocycles. The van der Waals surface area contributed by atoms with Crippen LogP contribution in [0.2, 0.25) is 0 Å². The minimum absolute atomic E-state index is 0.0233. The highest BCUT2D eigenvalue weighted by atomic mass is 32.1. The number of carbonyl (C=O) groups is 1. The quantitative estimate of drug-likeness (QED) is 0.770. The maximum absolute atomic E-state index is 12.7. The molecule has 1 aromatic carbocycles. The molecule has 24 heavy (non-hydrogen) atoms. The first kappa shape index (κ1) is 15.4. The van der Waals surface area contributed by atoms with E-state index in [1.807, 2.05) is 24.3 Å². The van der Waals surface area contributed by atoms with Crippen molar-refractivity contribution in [1.29, 1.82) is 0 Å². The first-order valence-electron chi connectivity index (χ1n) is 8.32. The number of fused-ring (bicyclic) bond motifs is 1. The first-order chi connectivity index (χ1) is 11.8. The monoisotopic (exact) mass is 340 g/mol. The van der Waals surface area contributed by atoms with E-state index >= 15 is 0 Å². The third kappa shape index (κ3) is 3.09. The molecule has 0 saturated carbocycles. The molecule has 1 amide bonds. The predicted octanol–water partition coefficient (Wildman–Crippen LogP) is 3.66. The zero-order valence-electron chi connectivity index (χ0n) is 13.4. The zero-order chi connectivity index (χ0) is 16.4. The summed E-state index contributed by atoms with van der Waals surface area (Å²) in [6, 6.07) is 14.3. The minimum atomic E-state index is -0.0233. The van der Waals surface area contributed by atoms with Crippen LogP contribution in [0.5, 0.6) is 0 Å². The van der Waals surface area contributed by atoms with E-state index in [9.17, 15) is 4.79 Å². The van der Waals surface area contributed by atoms with E-state index in [1.165, 1.54) is 5.56 Å². The second kappa shape index (κ2) is 6.79. The maximum Gasteiger partial charge on any atom is 0.268 e. The van der Waals surface area contributed by atoms with Gasteiger partial charge in [-0.2, -0.15) is 0 Å². The van der Waals surface area contributed by atoms with Gasteiger partial charge in [-0.15, -0.1) is 11.3 Å². The molecule has 1 atom stereocenters. The number of thiophene rings is 1. The molecule has 5 heteroatoms. The van der Waals surface area contributed by atoms with E-state index in [2.05, 4.69) is 33.5 Å². The molecule has 1 fully saturated rings. The van der Waals surface area contributed by atoms with Crippen LogP contribution in [0.25, 0.3) is 10.2 Å². The lowest BCUT2D eigenvalue weighted by molar-refractivity contribution is 0.0851. The number of hydrogen-bond donors (Lipinski definition) is 1. The molecule has 1 N–H and O–H groups in total. The molecule has 3 heterocycles. The third-order valence-electron chi connectivity index (χ3n) is 4.45. The largest absolute Gasteiger partial charge is 0.376 e. The van der Waals surface area contributed by atoms with Crippen LogP contribution in [0.1, 0.15) is 28.9 Å². The Bertz CT molecular complexity index is 832. The molecule has 124 valence electrons. The molecule has 4 rings (SSSR count). The van der Waals surface area contributed by atoms with E-state index < -0.39 is 0 Å². The number of aromatic nitrogens is 1. The van der Waals surface area contributed by atoms with Crippen molar-refractivity contribution in [3.8, 4) is 0 Å². The van der Waals surface area contributed by atoms with Gasteiger partial charge in [0.2, 0.25) is 0 Å². The molecule has 2 aromatic heterocycles. The van der Waals surface area contributed by atoms with Crippen molar-refractivity contribution in [1.82, 2.24) is 9.88 Å². The fourth-order valence-electron chi connectivity index (χ4n) is 3.20. The summed E-state index contributed by atoms with van der Waals surface area (Å²) in [6.45, 7) is 2.09. The van der Waals surface area contributed by atoms with Gasteiger partial charge in [-0.1, -0.05) is 30.3 Å². The molecule has 0 bridgehead atoms. The smallest absolute Gasteiger partial charge is 0.268 e. The number of rotatable bonds is 5. The number of carbonyl (C=O) groups excluding carboxylic acids is 1. The van der Waals surface area contributed by atoms with Crippen molar-refractivity contribution in [2.45, 2.75) is 25.5 Å². The fraction of sp³-hybridized carbons (Fsp3) is 0.316. The van der Waals surface area contributed by atoms with Gasteiger partial charge in [-0.05, 0) is 35.9 Å². The Kier molecular flexibility index (Phi) is 4.36. The Hall–Kier alpha value is -2.11. The van der Waals surface area contributed by atoms with Gasteiger partial charge in [0, 0.05) is 19.7 Å². The summed E-state index contributed by atoms with van der Waals surface area (Å²) >= 11 is 1.67. The van der Waals surface area contributed by atoms with Crippen molar-refractivity contribution in [2.75, 3.05) is 13.2 Å². The second-order valence-electron chi connectivity index (χ2n) is 6.12. The van der Waals surface area contributed by atoms with Crippen LogP contribution in [0.15, 0.2) is 47.8 Å². The Morgan fingerprint density at radius 3 is 2.96 bits per heavy atom. The predicted molar refractivity (Wildman–Crippen MR) is 96.7 cm³/mol. The lowest BCUT2D eigenvalue weighted by Gasteiger charge is -2.13. The normalized spacial score (nSPS) is 17.4. The minimum Gasteiger partial charge on any atom is -0.376 e. The summed E-state index contributed by atoms with van der Waals surface area (Å²) in [4.78, 5) is 12.7. The van der Waals surface area contributed by atoms with Crippen molar-refractivity contribution >= 4 is 27.5 Å². The SMILES string of the molecule is O=C(NCC1CCCO1)c1cc2sccc2n1Cc1ccccc1. The van der Waals surface area contributed by atoms with E-state index in [1.54, 1.807) is 11.3 Å². The van der Waals surface area contributed by atoms with E-state index in [-0.39, 0.29) is 12.0 Å². The number of nitrogens with zero attached hydrogens (tertiary/aromatic N) is 1. The molecule has 0 radical (unpaired) electrons. The summed E-state index contributed by atoms with van der Waals surface area (Å²) in [5, 5.41) is 5.11. The lowest BCUT2D eigenvalue weighted by Crippen LogP contribution is -2.33. The third-order valence-corrected chi connectivity index (χ3v) is 5.31. The van der Waals surface area contributed by atoms with Gasteiger partial charge in [-0.3, -0.25) is 4.79 Å². The molecular formula is C19H20N2O2S. The number of ether oxygens (including phenoxy) is 1. The van der Waals surface area contributed by atoms with Crippen LogP contribution in [-0.4, -0.2) is 29.7 Å². The van der Waals surface area contributed by atoms with Gasteiger partial charge in [0.15, 0.2) is 0 Å². The zero-order valence-corrected chi connectivity index (χ0v) is 14.2. The Balaban J connectivity index is 1.58. The van der Waals surface area contributed by atoms with Crippen LogP contribution in [-0.2, 0) is 11.3 Å². The first-order valence-corrected chi connectivity index (χ1v) is 9.20. The number of hydrogen-bond acceptors (Lipinski definition) is 3. The fourth-order valence-corrected chi connectivity index (χ4v) is 4.03. The molecule has 1 unspecified atom stereocenters. The van der Waals surface area contributed by atoms with Gasteiger partial charge in [0.05, 0.1) is 16.3 Å². The van der Waals surface area contributed by atoms with E-state index in [0.717, 1.165) is 35.4 Å². The van der Waals surface area contributed by atoms with Crippen LogP contribution in [0.3, 0.4) is 0 Å². The highest BCUT2D eigenvalue weighted by molar-refractivity contribution is 7.17. The van der Waals surface area contributed by atoms with Crippen molar-refractivity contribution in [3.05, 3.63) is 59.1 Å². The summed E-state index contributed by atoms with van der Waals surface area (Å²) in [7, 11) is 0. The molecule has 3 aromatic rings. The Morgan fingerprint density at radius 2 is 2.17 bits per heavy atom. The van der Waals surface area contributed by atoms with Crippen molar-refractivity contribution < 1.29 is 9.53 Å². The maximum atomic E-state index is 12.7. The summed E-state index contributed by atoms with van der Waals surface area (Å²) in [6.07, 6.45) is 2.27. The molecular weight excluding hydrogens is 320 g/mol. The van der Waals surface area contributed by atoms with Gasteiger partial charge < -0.3 is 14.6 Å². The van der Waals surface area contributed by atoms with Crippen LogP contribution in [0, 0.1) is 0 Å². The lowest BCUT2D eigenvalue weighted by atomic mass is 10.2. The number of amides is 1. The standard InChI is InChI=1S/C19H20N2O2S/c22-19(20-12-15-7-4-9-23-15)17-11-18-16(8-10-24-18)21(17)13-14-5-2-1-3-6-14/h1-3,5-6,8,10-11,15H,4,7,9,12-13H2,(H,20,22). The van der Waals surface area contributed by atoms with E-state index in [0.29, 0.717) is 13.1 Å². The van der Waals surface area contributed by atoms with Gasteiger partial charge in [0.1, 0.15) is 5.69 Å². The Morgan fingerprint density at radius 1 is 1.29 bits per heavy atom. The van der Waals surface area contributed by atoms with Crippen molar-refractivity contribution in [2.24, 2.45) is 0 Å². The average molecular weight is 340 g/mol. The summed E-state index contributed by atoms with van der Waals surface area (Å²) < 4.78 is 8.84. The van der Waals surface area contributed by atoms with Gasteiger partial charge in [0.25, 0.3) is 5.91 Å². The summed E-state index contributed by atoms with van der Waals surface area (Å²) in [5.74, 6) is -0.0233. The van der Waals surface area contributed by atoms with Gasteiger partial charge in [-0.25, -0.2) is 0 Å². The average Bonchev–Trinajstić information content (AvgIpc) is 3.32. The molecule has 1 aliphatic rings. The van der Waals surface area contributed by atoms with Crippen LogP contribution < -0.4 is 5.32 Å². The molecule has 0 aliphatic carbocycles. The van der Waals surface area contributed by atoms with Gasteiger partial charge >= 0.3 is 0 Å². The summed E-state index contributed by atoms with van der Waals surface area (Å²) in [5.41, 5.74) is 3.03. The Labute approximate surface area is 145 Å². The topological polar surface area (TPSA) is 43.3 Å². The highest BCUT2D eigenvalue weighted by Crippen LogP contribution is 2.26. The number of benzene rings is 1. The highest BCUT2D eigenvalue weighted by Gasteiger charge is 2.20. The number of nitrogens with one attached hydrogen (secondary N) is 1.